The number of carbonyl (C=O) groups is 2. The highest BCUT2D eigenvalue weighted by molar-refractivity contribution is 5.94. The van der Waals surface area contributed by atoms with Gasteiger partial charge in [-0.15, -0.1) is 0 Å². The number of esters is 1. The average molecular weight is 309 g/mol. The van der Waals surface area contributed by atoms with Crippen LogP contribution in [-0.4, -0.2) is 17.0 Å². The van der Waals surface area contributed by atoms with Crippen LogP contribution in [0.15, 0.2) is 30.5 Å². The molecular formula is C13H9F2N3O4. The normalized spacial score (nSPS) is 10.1. The van der Waals surface area contributed by atoms with E-state index in [0.717, 1.165) is 24.4 Å². The van der Waals surface area contributed by atoms with E-state index >= 15 is 0 Å². The largest absolute Gasteiger partial charge is 0.454 e. The number of pyridine rings is 1. The van der Waals surface area contributed by atoms with Crippen molar-refractivity contribution in [3.63, 3.8) is 0 Å². The average Bonchev–Trinajstić information content (AvgIpc) is 2.44. The lowest BCUT2D eigenvalue weighted by Gasteiger charge is -2.08. The lowest BCUT2D eigenvalue weighted by atomic mass is 10.2. The zero-order valence-corrected chi connectivity index (χ0v) is 10.9. The van der Waals surface area contributed by atoms with Crippen LogP contribution in [0.1, 0.15) is 10.5 Å². The number of rotatable bonds is 3. The van der Waals surface area contributed by atoms with Gasteiger partial charge in [-0.1, -0.05) is 0 Å². The van der Waals surface area contributed by atoms with E-state index in [1.54, 1.807) is 0 Å². The van der Waals surface area contributed by atoms with Crippen LogP contribution in [0.4, 0.5) is 19.3 Å². The molecule has 0 saturated carbocycles. The summed E-state index contributed by atoms with van der Waals surface area (Å²) in [6, 6.07) is 3.87. The number of hydrogen-bond donors (Lipinski definition) is 2. The number of ether oxygens (including phenoxy) is 2. The van der Waals surface area contributed by atoms with Gasteiger partial charge in [-0.05, 0) is 6.07 Å². The molecule has 1 aromatic heterocycles. The zero-order chi connectivity index (χ0) is 16.3. The summed E-state index contributed by atoms with van der Waals surface area (Å²) in [6.45, 7) is 0. The van der Waals surface area contributed by atoms with Gasteiger partial charge in [0.2, 0.25) is 0 Å². The second-order valence-electron chi connectivity index (χ2n) is 3.99. The Hall–Kier alpha value is -3.23. The first kappa shape index (κ1) is 15.2. The molecule has 1 aromatic carbocycles. The van der Waals surface area contributed by atoms with Gasteiger partial charge >= 0.3 is 12.1 Å². The number of hydrogen-bond acceptors (Lipinski definition) is 6. The minimum Gasteiger partial charge on any atom is -0.454 e. The van der Waals surface area contributed by atoms with Crippen molar-refractivity contribution >= 4 is 17.7 Å². The standard InChI is InChI=1S/C13H9F2N3O4/c14-7-5-11(8(15)4-9(7)16)21-6-1-2-18-10(3-6)12(19)22-13(17)20/h1-5H,16H2,(H2,17,20). The van der Waals surface area contributed by atoms with Gasteiger partial charge in [0.25, 0.3) is 0 Å². The van der Waals surface area contributed by atoms with Gasteiger partial charge in [0.1, 0.15) is 11.6 Å². The number of anilines is 1. The molecule has 0 aliphatic heterocycles. The third kappa shape index (κ3) is 3.45. The summed E-state index contributed by atoms with van der Waals surface area (Å²) in [7, 11) is 0. The number of primary amides is 1. The molecule has 22 heavy (non-hydrogen) atoms. The molecule has 0 radical (unpaired) electrons. The Balaban J connectivity index is 2.26. The minimum atomic E-state index is -1.30. The van der Waals surface area contributed by atoms with Crippen molar-refractivity contribution < 1.29 is 27.8 Å². The second-order valence-corrected chi connectivity index (χ2v) is 3.99. The molecule has 0 bridgehead atoms. The molecule has 1 amide bonds. The fourth-order valence-electron chi connectivity index (χ4n) is 1.48. The summed E-state index contributed by atoms with van der Waals surface area (Å²) < 4.78 is 36.1. The van der Waals surface area contributed by atoms with Crippen molar-refractivity contribution in [1.29, 1.82) is 0 Å². The first-order valence-electron chi connectivity index (χ1n) is 5.77. The predicted octanol–water partition coefficient (Wildman–Crippen LogP) is 1.97. The molecule has 0 spiro atoms. The van der Waals surface area contributed by atoms with Crippen LogP contribution in [-0.2, 0) is 4.74 Å². The molecule has 9 heteroatoms. The molecule has 0 atom stereocenters. The third-order valence-electron chi connectivity index (χ3n) is 2.41. The predicted molar refractivity (Wildman–Crippen MR) is 70.1 cm³/mol. The van der Waals surface area contributed by atoms with Crippen LogP contribution in [0, 0.1) is 11.6 Å². The van der Waals surface area contributed by atoms with Gasteiger partial charge in [0.05, 0.1) is 5.69 Å². The van der Waals surface area contributed by atoms with Crippen LogP contribution in [0.25, 0.3) is 0 Å². The number of nitrogens with two attached hydrogens (primary N) is 2. The van der Waals surface area contributed by atoms with Crippen LogP contribution >= 0.6 is 0 Å². The van der Waals surface area contributed by atoms with Crippen molar-refractivity contribution in [2.75, 3.05) is 5.73 Å². The maximum Gasteiger partial charge on any atom is 0.412 e. The maximum absolute atomic E-state index is 13.6. The van der Waals surface area contributed by atoms with Crippen LogP contribution in [0.5, 0.6) is 11.5 Å². The van der Waals surface area contributed by atoms with E-state index in [2.05, 4.69) is 9.72 Å². The summed E-state index contributed by atoms with van der Waals surface area (Å²) in [5.41, 5.74) is 9.24. The summed E-state index contributed by atoms with van der Waals surface area (Å²) >= 11 is 0. The fourth-order valence-corrected chi connectivity index (χ4v) is 1.48. The summed E-state index contributed by atoms with van der Waals surface area (Å²) in [6.07, 6.45) is -0.150. The highest BCUT2D eigenvalue weighted by Gasteiger charge is 2.15. The minimum absolute atomic E-state index is 0.0329. The molecule has 1 heterocycles. The number of amides is 1. The van der Waals surface area contributed by atoms with Crippen LogP contribution in [0.2, 0.25) is 0 Å². The number of carbonyl (C=O) groups excluding carboxylic acids is 2. The number of aromatic nitrogens is 1. The van der Waals surface area contributed by atoms with E-state index in [0.29, 0.717) is 0 Å². The fraction of sp³-hybridized carbons (Fsp3) is 0. The van der Waals surface area contributed by atoms with Gasteiger partial charge in [-0.2, -0.15) is 0 Å². The SMILES string of the molecule is NC(=O)OC(=O)c1cc(Oc2cc(F)c(N)cc2F)ccn1. The molecular weight excluding hydrogens is 300 g/mol. The second kappa shape index (κ2) is 6.04. The smallest absolute Gasteiger partial charge is 0.412 e. The van der Waals surface area contributed by atoms with E-state index in [9.17, 15) is 18.4 Å². The monoisotopic (exact) mass is 309 g/mol. The Morgan fingerprint density at radius 2 is 1.86 bits per heavy atom. The molecule has 4 N–H and O–H groups in total. The zero-order valence-electron chi connectivity index (χ0n) is 10.9. The van der Waals surface area contributed by atoms with Crippen LogP contribution < -0.4 is 16.2 Å². The van der Waals surface area contributed by atoms with E-state index < -0.39 is 29.4 Å². The van der Waals surface area contributed by atoms with E-state index in [1.165, 1.54) is 6.07 Å². The van der Waals surface area contributed by atoms with Gasteiger partial charge in [-0.3, -0.25) is 0 Å². The van der Waals surface area contributed by atoms with Crippen molar-refractivity contribution in [3.05, 3.63) is 47.8 Å². The Kier molecular flexibility index (Phi) is 4.16. The number of nitrogens with zero attached hydrogens (tertiary/aromatic N) is 1. The Morgan fingerprint density at radius 3 is 2.55 bits per heavy atom. The van der Waals surface area contributed by atoms with Crippen molar-refractivity contribution in [2.45, 2.75) is 0 Å². The molecule has 0 aliphatic carbocycles. The molecule has 0 saturated heterocycles. The van der Waals surface area contributed by atoms with Gasteiger partial charge < -0.3 is 20.9 Å². The Bertz CT molecular complexity index is 752. The quantitative estimate of drug-likeness (QED) is 0.508. The van der Waals surface area contributed by atoms with E-state index in [1.807, 2.05) is 0 Å². The van der Waals surface area contributed by atoms with Crippen molar-refractivity contribution in [1.82, 2.24) is 4.98 Å². The number of halogens is 2. The van der Waals surface area contributed by atoms with Crippen LogP contribution in [0.3, 0.4) is 0 Å². The first-order valence-corrected chi connectivity index (χ1v) is 5.77. The third-order valence-corrected chi connectivity index (χ3v) is 2.41. The lowest BCUT2D eigenvalue weighted by molar-refractivity contribution is 0.0631. The summed E-state index contributed by atoms with van der Waals surface area (Å²) in [5.74, 6) is -3.33. The molecule has 114 valence electrons. The van der Waals surface area contributed by atoms with E-state index in [-0.39, 0.29) is 17.1 Å². The Labute approximate surface area is 122 Å². The molecule has 0 aliphatic rings. The highest BCUT2D eigenvalue weighted by Crippen LogP contribution is 2.28. The summed E-state index contributed by atoms with van der Waals surface area (Å²) in [4.78, 5) is 25.6. The van der Waals surface area contributed by atoms with Gasteiger partial charge in [0.15, 0.2) is 17.3 Å². The Morgan fingerprint density at radius 1 is 1.14 bits per heavy atom. The van der Waals surface area contributed by atoms with Crippen molar-refractivity contribution in [3.8, 4) is 11.5 Å². The molecule has 2 rings (SSSR count). The van der Waals surface area contributed by atoms with Gasteiger partial charge in [-0.25, -0.2) is 23.4 Å². The van der Waals surface area contributed by atoms with Gasteiger partial charge in [0, 0.05) is 24.4 Å². The summed E-state index contributed by atoms with van der Waals surface area (Å²) in [5, 5.41) is 0. The highest BCUT2D eigenvalue weighted by atomic mass is 19.1. The topological polar surface area (TPSA) is 118 Å². The molecule has 7 nitrogen and oxygen atoms in total. The molecule has 0 fully saturated rings. The number of benzene rings is 1. The molecule has 2 aromatic rings. The lowest BCUT2D eigenvalue weighted by Crippen LogP contribution is -2.19. The van der Waals surface area contributed by atoms with Crippen molar-refractivity contribution in [2.24, 2.45) is 5.73 Å². The first-order chi connectivity index (χ1) is 10.4. The molecule has 0 unspecified atom stereocenters. The van der Waals surface area contributed by atoms with E-state index in [4.69, 9.17) is 16.2 Å². The number of nitrogen functional groups attached to an aromatic ring is 1. The maximum atomic E-state index is 13.6.